The summed E-state index contributed by atoms with van der Waals surface area (Å²) in [7, 11) is 0. The molecule has 26 heavy (non-hydrogen) atoms. The van der Waals surface area contributed by atoms with Crippen LogP contribution in [-0.4, -0.2) is 46.9 Å². The molecule has 0 bridgehead atoms. The summed E-state index contributed by atoms with van der Waals surface area (Å²) < 4.78 is 0. The number of hydrogen-bond donors (Lipinski definition) is 3. The summed E-state index contributed by atoms with van der Waals surface area (Å²) >= 11 is 0. The number of aromatic amines is 1. The van der Waals surface area contributed by atoms with Crippen LogP contribution < -0.4 is 10.6 Å². The number of carbonyl (C=O) groups excluding carboxylic acids is 3. The molecule has 1 aliphatic rings. The lowest BCUT2D eigenvalue weighted by molar-refractivity contribution is -0.130. The molecule has 7 nitrogen and oxygen atoms in total. The monoisotopic (exact) mass is 356 g/mol. The van der Waals surface area contributed by atoms with Crippen molar-refractivity contribution in [1.82, 2.24) is 20.5 Å². The van der Waals surface area contributed by atoms with E-state index in [0.717, 1.165) is 29.3 Å². The number of imide groups is 1. The van der Waals surface area contributed by atoms with Crippen LogP contribution in [0.3, 0.4) is 0 Å². The number of nitrogens with zero attached hydrogens (tertiary/aromatic N) is 1. The summed E-state index contributed by atoms with van der Waals surface area (Å²) in [6.07, 6.45) is 4.34. The van der Waals surface area contributed by atoms with Gasteiger partial charge >= 0.3 is 6.03 Å². The van der Waals surface area contributed by atoms with Crippen LogP contribution in [0.1, 0.15) is 31.7 Å². The maximum Gasteiger partial charge on any atom is 0.324 e. The van der Waals surface area contributed by atoms with Crippen molar-refractivity contribution in [2.75, 3.05) is 13.1 Å². The minimum atomic E-state index is -0.771. The van der Waals surface area contributed by atoms with Crippen molar-refractivity contribution in [2.24, 2.45) is 0 Å². The summed E-state index contributed by atoms with van der Waals surface area (Å²) in [5, 5.41) is 6.47. The lowest BCUT2D eigenvalue weighted by atomic mass is 10.1. The van der Waals surface area contributed by atoms with E-state index in [9.17, 15) is 14.4 Å². The van der Waals surface area contributed by atoms with Crippen molar-refractivity contribution in [1.29, 1.82) is 0 Å². The summed E-state index contributed by atoms with van der Waals surface area (Å²) in [5.41, 5.74) is 2.09. The molecule has 0 aliphatic carbocycles. The van der Waals surface area contributed by atoms with Gasteiger partial charge in [0.2, 0.25) is 5.91 Å². The first-order valence-electron chi connectivity index (χ1n) is 9.03. The fraction of sp³-hybridized carbons (Fsp3) is 0.421. The molecular weight excluding hydrogens is 332 g/mol. The first-order chi connectivity index (χ1) is 12.6. The quantitative estimate of drug-likeness (QED) is 0.498. The van der Waals surface area contributed by atoms with Crippen LogP contribution in [-0.2, 0) is 16.0 Å². The second-order valence-corrected chi connectivity index (χ2v) is 6.51. The van der Waals surface area contributed by atoms with Gasteiger partial charge in [0.05, 0.1) is 6.42 Å². The largest absolute Gasteiger partial charge is 0.361 e. The number of unbranched alkanes of at least 4 members (excludes halogenated alkanes) is 1. The van der Waals surface area contributed by atoms with E-state index in [0.29, 0.717) is 19.5 Å². The molecule has 138 valence electrons. The van der Waals surface area contributed by atoms with Gasteiger partial charge in [-0.3, -0.25) is 14.5 Å². The van der Waals surface area contributed by atoms with E-state index in [4.69, 9.17) is 0 Å². The van der Waals surface area contributed by atoms with Gasteiger partial charge in [0.1, 0.15) is 6.04 Å². The normalized spacial score (nSPS) is 17.0. The molecule has 7 heteroatoms. The van der Waals surface area contributed by atoms with E-state index >= 15 is 0 Å². The van der Waals surface area contributed by atoms with Crippen LogP contribution in [0.5, 0.6) is 0 Å². The minimum absolute atomic E-state index is 0.0160. The SMILES string of the molecule is CCCCNC(=O)CC1NC(=O)N(CCc2c[nH]c3ccccc23)C1=O. The number of benzene rings is 1. The van der Waals surface area contributed by atoms with Crippen molar-refractivity contribution in [3.05, 3.63) is 36.0 Å². The van der Waals surface area contributed by atoms with Gasteiger partial charge in [-0.1, -0.05) is 31.5 Å². The van der Waals surface area contributed by atoms with Crippen LogP contribution in [0.2, 0.25) is 0 Å². The Morgan fingerprint density at radius 2 is 2.08 bits per heavy atom. The molecule has 0 saturated carbocycles. The molecule has 3 N–H and O–H groups in total. The molecule has 1 atom stereocenters. The highest BCUT2D eigenvalue weighted by Gasteiger charge is 2.38. The Labute approximate surface area is 152 Å². The van der Waals surface area contributed by atoms with E-state index < -0.39 is 12.1 Å². The number of carbonyl (C=O) groups is 3. The fourth-order valence-corrected chi connectivity index (χ4v) is 3.16. The van der Waals surface area contributed by atoms with Crippen LogP contribution in [0.15, 0.2) is 30.5 Å². The highest BCUT2D eigenvalue weighted by molar-refractivity contribution is 6.05. The van der Waals surface area contributed by atoms with E-state index in [1.165, 1.54) is 4.90 Å². The molecule has 0 radical (unpaired) electrons. The van der Waals surface area contributed by atoms with Gasteiger partial charge in [-0.25, -0.2) is 4.79 Å². The Hall–Kier alpha value is -2.83. The summed E-state index contributed by atoms with van der Waals surface area (Å²) in [5.74, 6) is -0.545. The molecule has 0 spiro atoms. The molecule has 3 rings (SSSR count). The molecule has 1 fully saturated rings. The molecule has 1 aromatic heterocycles. The number of amides is 4. The number of aromatic nitrogens is 1. The van der Waals surface area contributed by atoms with E-state index in [2.05, 4.69) is 15.6 Å². The number of rotatable bonds is 8. The molecule has 1 saturated heterocycles. The van der Waals surface area contributed by atoms with Crippen LogP contribution in [0.25, 0.3) is 10.9 Å². The van der Waals surface area contributed by atoms with Gasteiger partial charge in [0.25, 0.3) is 5.91 Å². The second-order valence-electron chi connectivity index (χ2n) is 6.51. The Morgan fingerprint density at radius 3 is 2.88 bits per heavy atom. The zero-order valence-corrected chi connectivity index (χ0v) is 14.9. The number of fused-ring (bicyclic) bond motifs is 1. The molecule has 2 aromatic rings. The Kier molecular flexibility index (Phi) is 5.55. The zero-order valence-electron chi connectivity index (χ0n) is 14.9. The van der Waals surface area contributed by atoms with Gasteiger partial charge < -0.3 is 15.6 Å². The number of para-hydroxylation sites is 1. The molecular formula is C19H24N4O3. The highest BCUT2D eigenvalue weighted by Crippen LogP contribution is 2.19. The van der Waals surface area contributed by atoms with Gasteiger partial charge in [0, 0.05) is 30.2 Å². The predicted molar refractivity (Wildman–Crippen MR) is 98.6 cm³/mol. The van der Waals surface area contributed by atoms with Gasteiger partial charge in [-0.05, 0) is 24.5 Å². The average molecular weight is 356 g/mol. The third kappa shape index (κ3) is 3.87. The maximum atomic E-state index is 12.5. The van der Waals surface area contributed by atoms with Crippen molar-refractivity contribution >= 4 is 28.7 Å². The first kappa shape index (κ1) is 18.0. The van der Waals surface area contributed by atoms with Crippen molar-refractivity contribution < 1.29 is 14.4 Å². The third-order valence-corrected chi connectivity index (χ3v) is 4.63. The number of urea groups is 1. The van der Waals surface area contributed by atoms with E-state index in [1.54, 1.807) is 0 Å². The topological polar surface area (TPSA) is 94.3 Å². The minimum Gasteiger partial charge on any atom is -0.361 e. The lowest BCUT2D eigenvalue weighted by Crippen LogP contribution is -2.37. The van der Waals surface area contributed by atoms with Gasteiger partial charge in [-0.15, -0.1) is 0 Å². The summed E-state index contributed by atoms with van der Waals surface area (Å²) in [6, 6.07) is 6.71. The molecule has 1 unspecified atom stereocenters. The number of nitrogens with one attached hydrogen (secondary N) is 3. The van der Waals surface area contributed by atoms with E-state index in [-0.39, 0.29) is 18.2 Å². The Morgan fingerprint density at radius 1 is 1.27 bits per heavy atom. The fourth-order valence-electron chi connectivity index (χ4n) is 3.16. The van der Waals surface area contributed by atoms with Crippen LogP contribution in [0.4, 0.5) is 4.79 Å². The third-order valence-electron chi connectivity index (χ3n) is 4.63. The molecule has 1 aromatic carbocycles. The maximum absolute atomic E-state index is 12.5. The predicted octanol–water partition coefficient (Wildman–Crippen LogP) is 1.94. The number of hydrogen-bond acceptors (Lipinski definition) is 3. The molecule has 1 aliphatic heterocycles. The number of H-pyrrole nitrogens is 1. The van der Waals surface area contributed by atoms with Crippen molar-refractivity contribution in [3.8, 4) is 0 Å². The average Bonchev–Trinajstić information content (AvgIpc) is 3.15. The second kappa shape index (κ2) is 8.03. The summed E-state index contributed by atoms with van der Waals surface area (Å²) in [4.78, 5) is 40.8. The van der Waals surface area contributed by atoms with E-state index in [1.807, 2.05) is 37.4 Å². The van der Waals surface area contributed by atoms with Gasteiger partial charge in [-0.2, -0.15) is 0 Å². The molecule has 4 amide bonds. The van der Waals surface area contributed by atoms with Crippen LogP contribution in [0, 0.1) is 0 Å². The summed E-state index contributed by atoms with van der Waals surface area (Å²) in [6.45, 7) is 2.92. The van der Waals surface area contributed by atoms with Crippen LogP contribution >= 0.6 is 0 Å². The van der Waals surface area contributed by atoms with Gasteiger partial charge in [0.15, 0.2) is 0 Å². The molecule has 2 heterocycles. The zero-order chi connectivity index (χ0) is 18.5. The smallest absolute Gasteiger partial charge is 0.324 e. The Balaban J connectivity index is 1.56. The lowest BCUT2D eigenvalue weighted by Gasteiger charge is -2.12. The Bertz CT molecular complexity index is 814. The van der Waals surface area contributed by atoms with Crippen molar-refractivity contribution in [2.45, 2.75) is 38.6 Å². The first-order valence-corrected chi connectivity index (χ1v) is 9.03. The van der Waals surface area contributed by atoms with Crippen molar-refractivity contribution in [3.63, 3.8) is 0 Å². The highest BCUT2D eigenvalue weighted by atomic mass is 16.2. The standard InChI is InChI=1S/C19H24N4O3/c1-2-3-9-20-17(24)11-16-18(25)23(19(26)22-16)10-8-13-12-21-15-7-5-4-6-14(13)15/h4-7,12,16,21H,2-3,8-11H2,1H3,(H,20,24)(H,22,26).